The Balaban J connectivity index is 2.05. The van der Waals surface area contributed by atoms with E-state index in [-0.39, 0.29) is 6.61 Å². The Morgan fingerprint density at radius 3 is 2.47 bits per heavy atom. The Bertz CT molecular complexity index is 597. The number of esters is 1. The number of carbonyl (C=O) groups excluding carboxylic acids is 1. The highest BCUT2D eigenvalue weighted by Gasteiger charge is 2.16. The fourth-order valence-electron chi connectivity index (χ4n) is 1.47. The first-order valence-corrected chi connectivity index (χ1v) is 6.23. The SMILES string of the molecule is O=C(OCc1ccc(Br)cc1)c1cccc(F)c1F. The Hall–Kier alpha value is -1.75. The maximum absolute atomic E-state index is 13.3. The molecule has 0 atom stereocenters. The summed E-state index contributed by atoms with van der Waals surface area (Å²) in [6, 6.07) is 10.5. The maximum atomic E-state index is 13.3. The lowest BCUT2D eigenvalue weighted by atomic mass is 10.2. The number of benzene rings is 2. The highest BCUT2D eigenvalue weighted by molar-refractivity contribution is 9.10. The van der Waals surface area contributed by atoms with E-state index in [0.29, 0.717) is 0 Å². The molecule has 0 heterocycles. The second-order valence-electron chi connectivity index (χ2n) is 3.80. The van der Waals surface area contributed by atoms with Crippen LogP contribution >= 0.6 is 15.9 Å². The molecule has 0 amide bonds. The zero-order chi connectivity index (χ0) is 13.8. The van der Waals surface area contributed by atoms with Crippen LogP contribution in [0.5, 0.6) is 0 Å². The van der Waals surface area contributed by atoms with Gasteiger partial charge in [0.15, 0.2) is 11.6 Å². The van der Waals surface area contributed by atoms with Gasteiger partial charge in [-0.05, 0) is 29.8 Å². The molecule has 0 aromatic heterocycles. The van der Waals surface area contributed by atoms with Crippen molar-refractivity contribution in [1.29, 1.82) is 0 Å². The number of rotatable bonds is 3. The second kappa shape index (κ2) is 5.93. The Labute approximate surface area is 117 Å². The molecule has 0 bridgehead atoms. The van der Waals surface area contributed by atoms with Crippen LogP contribution in [0.4, 0.5) is 8.78 Å². The van der Waals surface area contributed by atoms with Gasteiger partial charge in [0.25, 0.3) is 0 Å². The summed E-state index contributed by atoms with van der Waals surface area (Å²) in [5.74, 6) is -3.15. The minimum absolute atomic E-state index is 0.00205. The van der Waals surface area contributed by atoms with Gasteiger partial charge in [-0.1, -0.05) is 34.1 Å². The van der Waals surface area contributed by atoms with E-state index in [1.54, 1.807) is 24.3 Å². The van der Waals surface area contributed by atoms with Gasteiger partial charge in [-0.3, -0.25) is 0 Å². The Morgan fingerprint density at radius 2 is 1.79 bits per heavy atom. The Kier molecular flexibility index (Phi) is 4.27. The summed E-state index contributed by atoms with van der Waals surface area (Å²) in [6.45, 7) is 0.00205. The first-order chi connectivity index (χ1) is 9.08. The Morgan fingerprint density at radius 1 is 1.11 bits per heavy atom. The van der Waals surface area contributed by atoms with Crippen molar-refractivity contribution in [2.75, 3.05) is 0 Å². The summed E-state index contributed by atoms with van der Waals surface area (Å²) in [6.07, 6.45) is 0. The van der Waals surface area contributed by atoms with Crippen LogP contribution in [0.25, 0.3) is 0 Å². The van der Waals surface area contributed by atoms with E-state index < -0.39 is 23.2 Å². The second-order valence-corrected chi connectivity index (χ2v) is 4.72. The number of hydrogen-bond acceptors (Lipinski definition) is 2. The zero-order valence-corrected chi connectivity index (χ0v) is 11.3. The fourth-order valence-corrected chi connectivity index (χ4v) is 1.73. The predicted molar refractivity (Wildman–Crippen MR) is 69.6 cm³/mol. The molecule has 0 aliphatic carbocycles. The van der Waals surface area contributed by atoms with E-state index in [9.17, 15) is 13.6 Å². The van der Waals surface area contributed by atoms with Crippen LogP contribution in [0.3, 0.4) is 0 Å². The molecule has 2 aromatic rings. The molecule has 2 aromatic carbocycles. The standard InChI is InChI=1S/C14H9BrF2O2/c15-10-6-4-9(5-7-10)8-19-14(18)11-2-1-3-12(16)13(11)17/h1-7H,8H2. The average molecular weight is 327 g/mol. The zero-order valence-electron chi connectivity index (χ0n) is 9.70. The molecule has 0 aliphatic rings. The van der Waals surface area contributed by atoms with Gasteiger partial charge >= 0.3 is 5.97 Å². The number of hydrogen-bond donors (Lipinski definition) is 0. The van der Waals surface area contributed by atoms with Crippen LogP contribution in [0.2, 0.25) is 0 Å². The molecule has 98 valence electrons. The highest BCUT2D eigenvalue weighted by Crippen LogP contribution is 2.15. The van der Waals surface area contributed by atoms with Gasteiger partial charge < -0.3 is 4.74 Å². The van der Waals surface area contributed by atoms with Crippen LogP contribution < -0.4 is 0 Å². The van der Waals surface area contributed by atoms with E-state index in [0.717, 1.165) is 16.1 Å². The normalized spacial score (nSPS) is 10.3. The molecular weight excluding hydrogens is 318 g/mol. The van der Waals surface area contributed by atoms with Crippen molar-refractivity contribution in [3.8, 4) is 0 Å². The largest absolute Gasteiger partial charge is 0.457 e. The molecule has 0 N–H and O–H groups in total. The van der Waals surface area contributed by atoms with Crippen molar-refractivity contribution in [1.82, 2.24) is 0 Å². The molecule has 19 heavy (non-hydrogen) atoms. The summed E-state index contributed by atoms with van der Waals surface area (Å²) < 4.78 is 32.1. The summed E-state index contributed by atoms with van der Waals surface area (Å²) in [5.41, 5.74) is 0.352. The highest BCUT2D eigenvalue weighted by atomic mass is 79.9. The van der Waals surface area contributed by atoms with Crippen LogP contribution in [-0.4, -0.2) is 5.97 Å². The van der Waals surface area contributed by atoms with Crippen LogP contribution in [0.1, 0.15) is 15.9 Å². The molecule has 0 saturated carbocycles. The van der Waals surface area contributed by atoms with Crippen molar-refractivity contribution < 1.29 is 18.3 Å². The van der Waals surface area contributed by atoms with Gasteiger partial charge in [0.1, 0.15) is 6.61 Å². The maximum Gasteiger partial charge on any atom is 0.341 e. The summed E-state index contributed by atoms with van der Waals surface area (Å²) in [4.78, 5) is 11.6. The third kappa shape index (κ3) is 3.38. The van der Waals surface area contributed by atoms with E-state index >= 15 is 0 Å². The smallest absolute Gasteiger partial charge is 0.341 e. The van der Waals surface area contributed by atoms with Crippen molar-refractivity contribution in [2.24, 2.45) is 0 Å². The quantitative estimate of drug-likeness (QED) is 0.794. The molecule has 0 unspecified atom stereocenters. The third-order valence-corrected chi connectivity index (χ3v) is 2.98. The summed E-state index contributed by atoms with van der Waals surface area (Å²) in [5, 5.41) is 0. The summed E-state index contributed by atoms with van der Waals surface area (Å²) in [7, 11) is 0. The topological polar surface area (TPSA) is 26.3 Å². The van der Waals surface area contributed by atoms with E-state index in [1.165, 1.54) is 12.1 Å². The lowest BCUT2D eigenvalue weighted by Crippen LogP contribution is -2.08. The van der Waals surface area contributed by atoms with Crippen molar-refractivity contribution in [3.63, 3.8) is 0 Å². The van der Waals surface area contributed by atoms with Gasteiger partial charge in [-0.25, -0.2) is 13.6 Å². The van der Waals surface area contributed by atoms with Gasteiger partial charge in [-0.2, -0.15) is 0 Å². The lowest BCUT2D eigenvalue weighted by molar-refractivity contribution is 0.0466. The van der Waals surface area contributed by atoms with Gasteiger partial charge in [0.05, 0.1) is 5.56 Å². The molecule has 0 aliphatic heterocycles. The fraction of sp³-hybridized carbons (Fsp3) is 0.0714. The van der Waals surface area contributed by atoms with E-state index in [4.69, 9.17) is 4.74 Å². The van der Waals surface area contributed by atoms with Crippen molar-refractivity contribution in [3.05, 3.63) is 69.7 Å². The number of carbonyl (C=O) groups is 1. The number of halogens is 3. The predicted octanol–water partition coefficient (Wildman–Crippen LogP) is 4.08. The molecule has 5 heteroatoms. The molecule has 0 saturated heterocycles. The van der Waals surface area contributed by atoms with Crippen LogP contribution in [-0.2, 0) is 11.3 Å². The van der Waals surface area contributed by atoms with Gasteiger partial charge in [0, 0.05) is 4.47 Å². The molecule has 2 rings (SSSR count). The molecule has 0 fully saturated rings. The molecular formula is C14H9BrF2O2. The summed E-state index contributed by atoms with van der Waals surface area (Å²) >= 11 is 3.28. The average Bonchev–Trinajstić information content (AvgIpc) is 2.41. The van der Waals surface area contributed by atoms with Gasteiger partial charge in [0.2, 0.25) is 0 Å². The molecule has 0 radical (unpaired) electrons. The first kappa shape index (κ1) is 13.7. The molecule has 0 spiro atoms. The monoisotopic (exact) mass is 326 g/mol. The van der Waals surface area contributed by atoms with Crippen LogP contribution in [0, 0.1) is 11.6 Å². The van der Waals surface area contributed by atoms with E-state index in [1.807, 2.05) is 0 Å². The van der Waals surface area contributed by atoms with Crippen LogP contribution in [0.15, 0.2) is 46.9 Å². The first-order valence-electron chi connectivity index (χ1n) is 5.43. The molecule has 2 nitrogen and oxygen atoms in total. The van der Waals surface area contributed by atoms with Crippen molar-refractivity contribution >= 4 is 21.9 Å². The van der Waals surface area contributed by atoms with E-state index in [2.05, 4.69) is 15.9 Å². The third-order valence-electron chi connectivity index (χ3n) is 2.45. The number of ether oxygens (including phenoxy) is 1. The van der Waals surface area contributed by atoms with Gasteiger partial charge in [-0.15, -0.1) is 0 Å². The minimum atomic E-state index is -1.19. The van der Waals surface area contributed by atoms with Crippen molar-refractivity contribution in [2.45, 2.75) is 6.61 Å². The lowest BCUT2D eigenvalue weighted by Gasteiger charge is -2.06. The minimum Gasteiger partial charge on any atom is -0.457 e.